The number of nitrogens with zero attached hydrogens (tertiary/aromatic N) is 1. The molecule has 0 aliphatic rings. The highest BCUT2D eigenvalue weighted by Gasteiger charge is 2.15. The molecule has 3 aromatic rings. The van der Waals surface area contributed by atoms with Gasteiger partial charge in [-0.3, -0.25) is 4.79 Å². The Morgan fingerprint density at radius 3 is 2.70 bits per heavy atom. The molecule has 1 N–H and O–H groups in total. The minimum absolute atomic E-state index is 0.109. The quantitative estimate of drug-likeness (QED) is 0.746. The van der Waals surface area contributed by atoms with Crippen molar-refractivity contribution >= 4 is 28.8 Å². The molecule has 0 bridgehead atoms. The average Bonchev–Trinajstić information content (AvgIpc) is 2.95. The Morgan fingerprint density at radius 1 is 1.17 bits per heavy atom. The molecule has 0 spiro atoms. The highest BCUT2D eigenvalue weighted by atomic mass is 35.5. The summed E-state index contributed by atoms with van der Waals surface area (Å²) < 4.78 is 0. The molecule has 0 aliphatic carbocycles. The van der Waals surface area contributed by atoms with E-state index < -0.39 is 0 Å². The van der Waals surface area contributed by atoms with Gasteiger partial charge in [0.05, 0.1) is 5.69 Å². The fourth-order valence-corrected chi connectivity index (χ4v) is 3.42. The van der Waals surface area contributed by atoms with Crippen LogP contribution in [0.25, 0.3) is 10.6 Å². The summed E-state index contributed by atoms with van der Waals surface area (Å²) in [6.45, 7) is 2.30. The van der Waals surface area contributed by atoms with Gasteiger partial charge in [0.1, 0.15) is 9.88 Å². The molecule has 1 heterocycles. The van der Waals surface area contributed by atoms with Crippen molar-refractivity contribution in [3.05, 3.63) is 75.8 Å². The van der Waals surface area contributed by atoms with E-state index >= 15 is 0 Å². The molecule has 0 saturated carbocycles. The second-order valence-electron chi connectivity index (χ2n) is 5.11. The van der Waals surface area contributed by atoms with E-state index in [1.807, 2.05) is 61.5 Å². The van der Waals surface area contributed by atoms with E-state index in [0.717, 1.165) is 21.8 Å². The number of halogens is 1. The van der Waals surface area contributed by atoms with Crippen LogP contribution in [0.1, 0.15) is 20.9 Å². The third-order valence-corrected chi connectivity index (χ3v) is 4.81. The van der Waals surface area contributed by atoms with Crippen molar-refractivity contribution in [3.63, 3.8) is 0 Å². The zero-order valence-corrected chi connectivity index (χ0v) is 14.1. The SMILES string of the molecule is Cc1nc(-c2ccccc2)sc1C(=O)NCc1cccc(Cl)c1. The third kappa shape index (κ3) is 3.78. The van der Waals surface area contributed by atoms with Crippen LogP contribution in [-0.4, -0.2) is 10.9 Å². The van der Waals surface area contributed by atoms with Crippen LogP contribution in [0.3, 0.4) is 0 Å². The van der Waals surface area contributed by atoms with Gasteiger partial charge in [-0.05, 0) is 24.6 Å². The van der Waals surface area contributed by atoms with Gasteiger partial charge >= 0.3 is 0 Å². The lowest BCUT2D eigenvalue weighted by Gasteiger charge is -2.04. The molecule has 3 nitrogen and oxygen atoms in total. The number of hydrogen-bond donors (Lipinski definition) is 1. The van der Waals surface area contributed by atoms with E-state index in [1.165, 1.54) is 11.3 Å². The van der Waals surface area contributed by atoms with Crippen molar-refractivity contribution in [1.82, 2.24) is 10.3 Å². The fourth-order valence-electron chi connectivity index (χ4n) is 2.22. The minimum atomic E-state index is -0.109. The van der Waals surface area contributed by atoms with E-state index in [-0.39, 0.29) is 5.91 Å². The van der Waals surface area contributed by atoms with Gasteiger partial charge < -0.3 is 5.32 Å². The van der Waals surface area contributed by atoms with Crippen LogP contribution in [0.5, 0.6) is 0 Å². The second kappa shape index (κ2) is 6.94. The Morgan fingerprint density at radius 2 is 1.96 bits per heavy atom. The highest BCUT2D eigenvalue weighted by molar-refractivity contribution is 7.17. The zero-order chi connectivity index (χ0) is 16.2. The predicted molar refractivity (Wildman–Crippen MR) is 94.9 cm³/mol. The number of thiazole rings is 1. The van der Waals surface area contributed by atoms with Gasteiger partial charge in [0.25, 0.3) is 5.91 Å². The topological polar surface area (TPSA) is 42.0 Å². The summed E-state index contributed by atoms with van der Waals surface area (Å²) in [4.78, 5) is 17.5. The van der Waals surface area contributed by atoms with Gasteiger partial charge in [-0.15, -0.1) is 11.3 Å². The zero-order valence-electron chi connectivity index (χ0n) is 12.5. The molecule has 0 unspecified atom stereocenters. The van der Waals surface area contributed by atoms with Gasteiger partial charge in [0, 0.05) is 17.1 Å². The Hall–Kier alpha value is -2.17. The van der Waals surface area contributed by atoms with Crippen LogP contribution in [0.2, 0.25) is 5.02 Å². The molecule has 3 rings (SSSR count). The smallest absolute Gasteiger partial charge is 0.263 e. The number of nitrogens with one attached hydrogen (secondary N) is 1. The number of aromatic nitrogens is 1. The molecule has 5 heteroatoms. The van der Waals surface area contributed by atoms with E-state index in [1.54, 1.807) is 0 Å². The molecule has 0 radical (unpaired) electrons. The molecule has 1 amide bonds. The van der Waals surface area contributed by atoms with Crippen LogP contribution in [-0.2, 0) is 6.54 Å². The first kappa shape index (κ1) is 15.7. The van der Waals surface area contributed by atoms with Gasteiger partial charge in [0.2, 0.25) is 0 Å². The summed E-state index contributed by atoms with van der Waals surface area (Å²) in [6.07, 6.45) is 0. The maximum Gasteiger partial charge on any atom is 0.263 e. The van der Waals surface area contributed by atoms with Crippen molar-refractivity contribution in [2.24, 2.45) is 0 Å². The van der Waals surface area contributed by atoms with Crippen LogP contribution in [0.4, 0.5) is 0 Å². The van der Waals surface area contributed by atoms with Gasteiger partial charge in [0.15, 0.2) is 0 Å². The number of hydrogen-bond acceptors (Lipinski definition) is 3. The van der Waals surface area contributed by atoms with E-state index in [9.17, 15) is 4.79 Å². The standard InChI is InChI=1S/C18H15ClN2OS/c1-12-16(23-18(21-12)14-7-3-2-4-8-14)17(22)20-11-13-6-5-9-15(19)10-13/h2-10H,11H2,1H3,(H,20,22). The minimum Gasteiger partial charge on any atom is -0.347 e. The van der Waals surface area contributed by atoms with Crippen LogP contribution >= 0.6 is 22.9 Å². The molecule has 0 aliphatic heterocycles. The monoisotopic (exact) mass is 342 g/mol. The number of amides is 1. The van der Waals surface area contributed by atoms with Gasteiger partial charge in [-0.25, -0.2) is 4.98 Å². The molecule has 0 atom stereocenters. The molecule has 2 aromatic carbocycles. The van der Waals surface area contributed by atoms with Crippen molar-refractivity contribution in [3.8, 4) is 10.6 Å². The maximum atomic E-state index is 12.4. The highest BCUT2D eigenvalue weighted by Crippen LogP contribution is 2.27. The summed E-state index contributed by atoms with van der Waals surface area (Å²) in [5.41, 5.74) is 2.74. The van der Waals surface area contributed by atoms with E-state index in [2.05, 4.69) is 10.3 Å². The number of aryl methyl sites for hydroxylation is 1. The number of rotatable bonds is 4. The fraction of sp³-hybridized carbons (Fsp3) is 0.111. The van der Waals surface area contributed by atoms with Crippen LogP contribution < -0.4 is 5.32 Å². The van der Waals surface area contributed by atoms with Crippen molar-refractivity contribution in [2.45, 2.75) is 13.5 Å². The first-order valence-corrected chi connectivity index (χ1v) is 8.38. The molecule has 1 aromatic heterocycles. The summed E-state index contributed by atoms with van der Waals surface area (Å²) in [5, 5.41) is 4.44. The summed E-state index contributed by atoms with van der Waals surface area (Å²) >= 11 is 7.36. The molecule has 0 fully saturated rings. The van der Waals surface area contributed by atoms with E-state index in [0.29, 0.717) is 16.4 Å². The number of carbonyl (C=O) groups is 1. The Kier molecular flexibility index (Phi) is 4.74. The Balaban J connectivity index is 1.74. The van der Waals surface area contributed by atoms with E-state index in [4.69, 9.17) is 11.6 Å². The van der Waals surface area contributed by atoms with Gasteiger partial charge in [-0.1, -0.05) is 54.1 Å². The first-order valence-electron chi connectivity index (χ1n) is 7.19. The summed E-state index contributed by atoms with van der Waals surface area (Å²) in [7, 11) is 0. The lowest BCUT2D eigenvalue weighted by atomic mass is 10.2. The molecule has 23 heavy (non-hydrogen) atoms. The second-order valence-corrected chi connectivity index (χ2v) is 6.55. The lowest BCUT2D eigenvalue weighted by Crippen LogP contribution is -2.22. The third-order valence-electron chi connectivity index (χ3n) is 3.37. The number of benzene rings is 2. The van der Waals surface area contributed by atoms with Crippen molar-refractivity contribution in [1.29, 1.82) is 0 Å². The molecular formula is C18H15ClN2OS. The molecule has 0 saturated heterocycles. The number of carbonyl (C=O) groups excluding carboxylic acids is 1. The van der Waals surface area contributed by atoms with Gasteiger partial charge in [-0.2, -0.15) is 0 Å². The average molecular weight is 343 g/mol. The maximum absolute atomic E-state index is 12.4. The first-order chi connectivity index (χ1) is 11.1. The van der Waals surface area contributed by atoms with Crippen molar-refractivity contribution < 1.29 is 4.79 Å². The normalized spacial score (nSPS) is 10.5. The summed E-state index contributed by atoms with van der Waals surface area (Å²) in [6, 6.07) is 17.3. The lowest BCUT2D eigenvalue weighted by molar-refractivity contribution is 0.0954. The Bertz CT molecular complexity index is 830. The van der Waals surface area contributed by atoms with Crippen LogP contribution in [0, 0.1) is 6.92 Å². The van der Waals surface area contributed by atoms with Crippen molar-refractivity contribution in [2.75, 3.05) is 0 Å². The largest absolute Gasteiger partial charge is 0.347 e. The van der Waals surface area contributed by atoms with Crippen LogP contribution in [0.15, 0.2) is 54.6 Å². The summed E-state index contributed by atoms with van der Waals surface area (Å²) in [5.74, 6) is -0.109. The predicted octanol–water partition coefficient (Wildman–Crippen LogP) is 4.70. The Labute approximate surface area is 144 Å². The molecular weight excluding hydrogens is 328 g/mol. The molecule has 116 valence electrons.